The van der Waals surface area contributed by atoms with Gasteiger partial charge in [0.2, 0.25) is 5.91 Å². The lowest BCUT2D eigenvalue weighted by Gasteiger charge is -2.32. The number of nitrogens with zero attached hydrogens (tertiary/aromatic N) is 1. The molecule has 2 heterocycles. The van der Waals surface area contributed by atoms with Gasteiger partial charge in [-0.25, -0.2) is 0 Å². The molecule has 26 heavy (non-hydrogen) atoms. The molecule has 2 N–H and O–H groups in total. The Hall–Kier alpha value is -2.82. The summed E-state index contributed by atoms with van der Waals surface area (Å²) in [5.41, 5.74) is 5.73. The first kappa shape index (κ1) is 16.6. The molecule has 2 atom stereocenters. The largest absolute Gasteiger partial charge is 0.356 e. The van der Waals surface area contributed by atoms with Gasteiger partial charge in [-0.15, -0.1) is 0 Å². The first-order valence-corrected chi connectivity index (χ1v) is 8.99. The van der Waals surface area contributed by atoms with Crippen LogP contribution in [-0.2, 0) is 4.79 Å². The Labute approximate surface area is 153 Å². The monoisotopic (exact) mass is 349 g/mol. The van der Waals surface area contributed by atoms with E-state index >= 15 is 0 Å². The summed E-state index contributed by atoms with van der Waals surface area (Å²) >= 11 is 0. The van der Waals surface area contributed by atoms with Crippen LogP contribution in [0, 0.1) is 20.8 Å². The summed E-state index contributed by atoms with van der Waals surface area (Å²) in [5.74, 6) is -0.0540. The molecule has 2 aliphatic heterocycles. The summed E-state index contributed by atoms with van der Waals surface area (Å²) in [6.45, 7) is 6.62. The zero-order chi connectivity index (χ0) is 18.4. The van der Waals surface area contributed by atoms with Crippen LogP contribution in [0.25, 0.3) is 0 Å². The highest BCUT2D eigenvalue weighted by atomic mass is 16.2. The predicted octanol–water partition coefficient (Wildman–Crippen LogP) is 2.94. The molecule has 2 aromatic carbocycles. The Bertz CT molecular complexity index is 883. The molecular formula is C21H23N3O2. The minimum absolute atomic E-state index is 0.00291. The van der Waals surface area contributed by atoms with E-state index in [1.807, 2.05) is 57.2 Å². The van der Waals surface area contributed by atoms with Crippen molar-refractivity contribution in [2.24, 2.45) is 0 Å². The Morgan fingerprint density at radius 3 is 2.58 bits per heavy atom. The number of rotatable bonds is 2. The van der Waals surface area contributed by atoms with Gasteiger partial charge in [0, 0.05) is 18.2 Å². The van der Waals surface area contributed by atoms with Crippen molar-refractivity contribution in [3.05, 3.63) is 58.7 Å². The number of fused-ring (bicyclic) bond motifs is 3. The topological polar surface area (TPSA) is 61.4 Å². The number of para-hydroxylation sites is 2. The van der Waals surface area contributed by atoms with Crippen LogP contribution in [-0.4, -0.2) is 30.4 Å². The summed E-state index contributed by atoms with van der Waals surface area (Å²) in [5, 5.41) is 6.11. The van der Waals surface area contributed by atoms with Crippen LogP contribution < -0.4 is 15.5 Å². The number of benzene rings is 2. The van der Waals surface area contributed by atoms with E-state index < -0.39 is 0 Å². The molecule has 0 aromatic heterocycles. The van der Waals surface area contributed by atoms with Crippen LogP contribution >= 0.6 is 0 Å². The average molecular weight is 349 g/mol. The van der Waals surface area contributed by atoms with Gasteiger partial charge < -0.3 is 15.5 Å². The van der Waals surface area contributed by atoms with Crippen molar-refractivity contribution in [3.8, 4) is 0 Å². The number of carbonyl (C=O) groups excluding carboxylic acids is 2. The van der Waals surface area contributed by atoms with Crippen molar-refractivity contribution < 1.29 is 9.59 Å². The fourth-order valence-corrected chi connectivity index (χ4v) is 4.30. The molecule has 0 bridgehead atoms. The summed E-state index contributed by atoms with van der Waals surface area (Å²) in [4.78, 5) is 27.4. The van der Waals surface area contributed by atoms with E-state index in [9.17, 15) is 9.59 Å². The fraction of sp³-hybridized carbons (Fsp3) is 0.333. The van der Waals surface area contributed by atoms with Gasteiger partial charge in [0.1, 0.15) is 6.04 Å². The number of anilines is 2. The number of hydrogen-bond acceptors (Lipinski definition) is 3. The van der Waals surface area contributed by atoms with Gasteiger partial charge in [0.05, 0.1) is 11.4 Å². The summed E-state index contributed by atoms with van der Waals surface area (Å²) < 4.78 is 0. The van der Waals surface area contributed by atoms with Gasteiger partial charge in [0.15, 0.2) is 0 Å². The van der Waals surface area contributed by atoms with Crippen LogP contribution in [0.1, 0.15) is 33.5 Å². The molecule has 0 spiro atoms. The average Bonchev–Trinajstić information content (AvgIpc) is 2.98. The standard InChI is InChI=1S/C21H23N3O2/c1-12-8-13(2)19(14(3)9-12)21(26)22-15-10-18-20(25)23-16-6-4-5-7-17(16)24(18)11-15/h4-9,15,18H,10-11H2,1-3H3,(H,22,26)(H,23,25). The molecule has 1 saturated heterocycles. The van der Waals surface area contributed by atoms with Crippen LogP contribution in [0.3, 0.4) is 0 Å². The Morgan fingerprint density at radius 1 is 1.15 bits per heavy atom. The van der Waals surface area contributed by atoms with E-state index in [1.54, 1.807) is 0 Å². The van der Waals surface area contributed by atoms with E-state index in [-0.39, 0.29) is 23.9 Å². The highest BCUT2D eigenvalue weighted by Gasteiger charge is 2.41. The van der Waals surface area contributed by atoms with Gasteiger partial charge in [-0.2, -0.15) is 0 Å². The van der Waals surface area contributed by atoms with Gasteiger partial charge >= 0.3 is 0 Å². The molecule has 0 radical (unpaired) electrons. The molecule has 0 aliphatic carbocycles. The second kappa shape index (κ2) is 6.16. The third-order valence-electron chi connectivity index (χ3n) is 5.31. The molecule has 0 saturated carbocycles. The number of hydrogen-bond donors (Lipinski definition) is 2. The number of nitrogens with one attached hydrogen (secondary N) is 2. The number of aryl methyl sites for hydroxylation is 3. The first-order chi connectivity index (χ1) is 12.4. The lowest BCUT2D eigenvalue weighted by Crippen LogP contribution is -2.44. The predicted molar refractivity (Wildman–Crippen MR) is 103 cm³/mol. The van der Waals surface area contributed by atoms with Crippen molar-refractivity contribution in [1.82, 2.24) is 5.32 Å². The number of amides is 2. The maximum Gasteiger partial charge on any atom is 0.252 e. The minimum Gasteiger partial charge on any atom is -0.356 e. The van der Waals surface area contributed by atoms with Gasteiger partial charge in [-0.3, -0.25) is 9.59 Å². The number of carbonyl (C=O) groups is 2. The van der Waals surface area contributed by atoms with Gasteiger partial charge in [-0.1, -0.05) is 29.8 Å². The lowest BCUT2D eigenvalue weighted by molar-refractivity contribution is -0.117. The lowest BCUT2D eigenvalue weighted by atomic mass is 9.99. The highest BCUT2D eigenvalue weighted by molar-refractivity contribution is 6.04. The smallest absolute Gasteiger partial charge is 0.252 e. The van der Waals surface area contributed by atoms with Gasteiger partial charge in [-0.05, 0) is 50.5 Å². The quantitative estimate of drug-likeness (QED) is 0.876. The van der Waals surface area contributed by atoms with E-state index in [0.717, 1.165) is 33.6 Å². The molecule has 4 rings (SSSR count). The molecule has 134 valence electrons. The fourth-order valence-electron chi connectivity index (χ4n) is 4.30. The maximum absolute atomic E-state index is 12.9. The van der Waals surface area contributed by atoms with E-state index in [0.29, 0.717) is 13.0 Å². The molecule has 2 aromatic rings. The van der Waals surface area contributed by atoms with Crippen molar-refractivity contribution in [3.63, 3.8) is 0 Å². The van der Waals surface area contributed by atoms with Crippen LogP contribution in [0.2, 0.25) is 0 Å². The third kappa shape index (κ3) is 2.73. The highest BCUT2D eigenvalue weighted by Crippen LogP contribution is 2.36. The molecule has 5 heteroatoms. The molecule has 2 aliphatic rings. The Balaban J connectivity index is 1.55. The molecule has 2 unspecified atom stereocenters. The van der Waals surface area contributed by atoms with Crippen molar-refractivity contribution >= 4 is 23.2 Å². The van der Waals surface area contributed by atoms with Crippen molar-refractivity contribution in [2.45, 2.75) is 39.3 Å². The SMILES string of the molecule is Cc1cc(C)c(C(=O)NC2CC3C(=O)Nc4ccccc4N3C2)c(C)c1. The van der Waals surface area contributed by atoms with Crippen molar-refractivity contribution in [1.29, 1.82) is 0 Å². The van der Waals surface area contributed by atoms with Crippen LogP contribution in [0.5, 0.6) is 0 Å². The van der Waals surface area contributed by atoms with Crippen LogP contribution in [0.15, 0.2) is 36.4 Å². The Kier molecular flexibility index (Phi) is 3.94. The Morgan fingerprint density at radius 2 is 1.85 bits per heavy atom. The molecule has 1 fully saturated rings. The van der Waals surface area contributed by atoms with Crippen molar-refractivity contribution in [2.75, 3.05) is 16.8 Å². The zero-order valence-corrected chi connectivity index (χ0v) is 15.3. The van der Waals surface area contributed by atoms with Gasteiger partial charge in [0.25, 0.3) is 5.91 Å². The summed E-state index contributed by atoms with van der Waals surface area (Å²) in [6, 6.07) is 11.6. The molecule has 2 amide bonds. The second-order valence-electron chi connectivity index (χ2n) is 7.35. The van der Waals surface area contributed by atoms with Crippen LogP contribution in [0.4, 0.5) is 11.4 Å². The molecule has 5 nitrogen and oxygen atoms in total. The van der Waals surface area contributed by atoms with E-state index in [2.05, 4.69) is 15.5 Å². The second-order valence-corrected chi connectivity index (χ2v) is 7.35. The maximum atomic E-state index is 12.9. The normalized spacial score (nSPS) is 21.0. The van der Waals surface area contributed by atoms with E-state index in [1.165, 1.54) is 0 Å². The minimum atomic E-state index is -0.226. The molecular weight excluding hydrogens is 326 g/mol. The first-order valence-electron chi connectivity index (χ1n) is 8.99. The van der Waals surface area contributed by atoms with E-state index in [4.69, 9.17) is 0 Å². The zero-order valence-electron chi connectivity index (χ0n) is 15.3. The summed E-state index contributed by atoms with van der Waals surface area (Å²) in [7, 11) is 0. The third-order valence-corrected chi connectivity index (χ3v) is 5.31. The summed E-state index contributed by atoms with van der Waals surface area (Å²) in [6.07, 6.45) is 0.621.